The summed E-state index contributed by atoms with van der Waals surface area (Å²) in [6, 6.07) is 5.20. The molecule has 6 heteroatoms. The molecule has 0 bridgehead atoms. The van der Waals surface area contributed by atoms with Gasteiger partial charge in [-0.1, -0.05) is 23.2 Å². The number of esters is 1. The average molecular weight is 313 g/mol. The van der Waals surface area contributed by atoms with Crippen LogP contribution in [0.25, 0.3) is 5.69 Å². The van der Waals surface area contributed by atoms with Gasteiger partial charge in [0.15, 0.2) is 0 Å². The summed E-state index contributed by atoms with van der Waals surface area (Å²) < 4.78 is 6.70. The van der Waals surface area contributed by atoms with E-state index in [1.807, 2.05) is 6.92 Å². The number of carbonyl (C=O) groups excluding carboxylic acids is 1. The molecular formula is C14H14Cl2N2O2. The Morgan fingerprint density at radius 3 is 2.60 bits per heavy atom. The second kappa shape index (κ2) is 5.85. The van der Waals surface area contributed by atoms with Crippen LogP contribution >= 0.6 is 23.2 Å². The van der Waals surface area contributed by atoms with Gasteiger partial charge < -0.3 is 4.74 Å². The van der Waals surface area contributed by atoms with Crippen LogP contribution in [0.1, 0.15) is 28.7 Å². The first kappa shape index (κ1) is 14.9. The van der Waals surface area contributed by atoms with E-state index in [9.17, 15) is 4.79 Å². The number of aromatic nitrogens is 2. The van der Waals surface area contributed by atoms with Gasteiger partial charge in [-0.3, -0.25) is 0 Å². The summed E-state index contributed by atoms with van der Waals surface area (Å²) in [4.78, 5) is 11.9. The maximum Gasteiger partial charge on any atom is 0.341 e. The molecule has 0 aliphatic rings. The van der Waals surface area contributed by atoms with Crippen LogP contribution in [0.3, 0.4) is 0 Å². The second-order valence-electron chi connectivity index (χ2n) is 4.28. The van der Waals surface area contributed by atoms with Crippen molar-refractivity contribution in [1.29, 1.82) is 0 Å². The molecular weight excluding hydrogens is 299 g/mol. The largest absolute Gasteiger partial charge is 0.462 e. The molecule has 0 amide bonds. The number of nitrogens with zero attached hydrogens (tertiary/aromatic N) is 2. The van der Waals surface area contributed by atoms with Gasteiger partial charge in [0.1, 0.15) is 5.56 Å². The smallest absolute Gasteiger partial charge is 0.341 e. The van der Waals surface area contributed by atoms with Gasteiger partial charge in [0.05, 0.1) is 33.7 Å². The Kier molecular flexibility index (Phi) is 4.35. The SMILES string of the molecule is CCOC(=O)c1c(C)nn(-c2ccc(Cl)c(Cl)c2)c1C. The number of hydrogen-bond acceptors (Lipinski definition) is 3. The van der Waals surface area contributed by atoms with Crippen LogP contribution in [0.5, 0.6) is 0 Å². The fourth-order valence-electron chi connectivity index (χ4n) is 2.01. The minimum Gasteiger partial charge on any atom is -0.462 e. The standard InChI is InChI=1S/C14H14Cl2N2O2/c1-4-20-14(19)13-8(2)17-18(9(13)3)10-5-6-11(15)12(16)7-10/h5-7H,4H2,1-3H3. The van der Waals surface area contributed by atoms with E-state index in [-0.39, 0.29) is 5.97 Å². The third-order valence-corrected chi connectivity index (χ3v) is 3.66. The van der Waals surface area contributed by atoms with E-state index in [0.29, 0.717) is 33.6 Å². The molecule has 106 valence electrons. The zero-order valence-corrected chi connectivity index (χ0v) is 12.9. The first-order valence-corrected chi connectivity index (χ1v) is 6.90. The highest BCUT2D eigenvalue weighted by atomic mass is 35.5. The van der Waals surface area contributed by atoms with Crippen molar-refractivity contribution in [3.05, 3.63) is 45.2 Å². The molecule has 4 nitrogen and oxygen atoms in total. The first-order chi connectivity index (χ1) is 9.45. The molecule has 1 heterocycles. The van der Waals surface area contributed by atoms with Gasteiger partial charge in [0.2, 0.25) is 0 Å². The molecule has 0 N–H and O–H groups in total. The zero-order chi connectivity index (χ0) is 14.9. The summed E-state index contributed by atoms with van der Waals surface area (Å²) in [6.45, 7) is 5.68. The van der Waals surface area contributed by atoms with Crippen molar-refractivity contribution in [2.45, 2.75) is 20.8 Å². The average Bonchev–Trinajstić information content (AvgIpc) is 2.68. The number of hydrogen-bond donors (Lipinski definition) is 0. The van der Waals surface area contributed by atoms with E-state index in [2.05, 4.69) is 5.10 Å². The molecule has 1 aromatic carbocycles. The van der Waals surface area contributed by atoms with Gasteiger partial charge in [-0.2, -0.15) is 5.10 Å². The quantitative estimate of drug-likeness (QED) is 0.805. The molecule has 2 aromatic rings. The molecule has 0 aliphatic heterocycles. The van der Waals surface area contributed by atoms with Crippen LogP contribution in [0.15, 0.2) is 18.2 Å². The molecule has 0 unspecified atom stereocenters. The van der Waals surface area contributed by atoms with E-state index < -0.39 is 0 Å². The molecule has 20 heavy (non-hydrogen) atoms. The van der Waals surface area contributed by atoms with Gasteiger partial charge in [0, 0.05) is 0 Å². The Morgan fingerprint density at radius 1 is 1.30 bits per heavy atom. The third kappa shape index (κ3) is 2.67. The van der Waals surface area contributed by atoms with Gasteiger partial charge in [-0.05, 0) is 39.0 Å². The first-order valence-electron chi connectivity index (χ1n) is 6.14. The van der Waals surface area contributed by atoms with Crippen LogP contribution in [0.4, 0.5) is 0 Å². The molecule has 0 saturated carbocycles. The van der Waals surface area contributed by atoms with Crippen molar-refractivity contribution in [3.63, 3.8) is 0 Å². The number of halogens is 2. The number of benzene rings is 1. The molecule has 0 saturated heterocycles. The van der Waals surface area contributed by atoms with Crippen molar-refractivity contribution in [1.82, 2.24) is 9.78 Å². The van der Waals surface area contributed by atoms with E-state index >= 15 is 0 Å². The van der Waals surface area contributed by atoms with Crippen LogP contribution in [0, 0.1) is 13.8 Å². The van der Waals surface area contributed by atoms with Crippen molar-refractivity contribution >= 4 is 29.2 Å². The summed E-state index contributed by atoms with van der Waals surface area (Å²) in [5, 5.41) is 5.28. The Bertz CT molecular complexity index is 665. The number of ether oxygens (including phenoxy) is 1. The van der Waals surface area contributed by atoms with Crippen molar-refractivity contribution in [2.75, 3.05) is 6.61 Å². The third-order valence-electron chi connectivity index (χ3n) is 2.92. The number of rotatable bonds is 3. The van der Waals surface area contributed by atoms with E-state index in [0.717, 1.165) is 5.69 Å². The summed E-state index contributed by atoms with van der Waals surface area (Å²) in [7, 11) is 0. The highest BCUT2D eigenvalue weighted by Gasteiger charge is 2.20. The zero-order valence-electron chi connectivity index (χ0n) is 11.4. The van der Waals surface area contributed by atoms with Crippen LogP contribution < -0.4 is 0 Å². The highest BCUT2D eigenvalue weighted by Crippen LogP contribution is 2.26. The fourth-order valence-corrected chi connectivity index (χ4v) is 2.30. The lowest BCUT2D eigenvalue weighted by molar-refractivity contribution is 0.0524. The monoisotopic (exact) mass is 312 g/mol. The van der Waals surface area contributed by atoms with E-state index in [4.69, 9.17) is 27.9 Å². The lowest BCUT2D eigenvalue weighted by atomic mass is 10.2. The summed E-state index contributed by atoms with van der Waals surface area (Å²) >= 11 is 11.9. The molecule has 2 rings (SSSR count). The molecule has 0 atom stereocenters. The predicted octanol–water partition coefficient (Wildman–Crippen LogP) is 3.97. The maximum atomic E-state index is 11.9. The van der Waals surface area contributed by atoms with Gasteiger partial charge >= 0.3 is 5.97 Å². The number of aryl methyl sites for hydroxylation is 1. The van der Waals surface area contributed by atoms with E-state index in [1.54, 1.807) is 36.7 Å². The summed E-state index contributed by atoms with van der Waals surface area (Å²) in [5.74, 6) is -0.367. The summed E-state index contributed by atoms with van der Waals surface area (Å²) in [5.41, 5.74) is 2.56. The van der Waals surface area contributed by atoms with Crippen LogP contribution in [-0.4, -0.2) is 22.4 Å². The predicted molar refractivity (Wildman–Crippen MR) is 79.0 cm³/mol. The van der Waals surface area contributed by atoms with Gasteiger partial charge in [-0.15, -0.1) is 0 Å². The second-order valence-corrected chi connectivity index (χ2v) is 5.09. The normalized spacial score (nSPS) is 10.7. The van der Waals surface area contributed by atoms with Crippen LogP contribution in [-0.2, 0) is 4.74 Å². The topological polar surface area (TPSA) is 44.1 Å². The Hall–Kier alpha value is -1.52. The fraction of sp³-hybridized carbons (Fsp3) is 0.286. The summed E-state index contributed by atoms with van der Waals surface area (Å²) in [6.07, 6.45) is 0. The van der Waals surface area contributed by atoms with E-state index in [1.165, 1.54) is 0 Å². The minimum absolute atomic E-state index is 0.329. The Morgan fingerprint density at radius 2 is 2.00 bits per heavy atom. The molecule has 0 fully saturated rings. The van der Waals surface area contributed by atoms with Gasteiger partial charge in [0.25, 0.3) is 0 Å². The molecule has 0 spiro atoms. The van der Waals surface area contributed by atoms with Crippen molar-refractivity contribution in [2.24, 2.45) is 0 Å². The Balaban J connectivity index is 2.51. The van der Waals surface area contributed by atoms with Gasteiger partial charge in [-0.25, -0.2) is 9.48 Å². The molecule has 0 aliphatic carbocycles. The minimum atomic E-state index is -0.367. The lowest BCUT2D eigenvalue weighted by Crippen LogP contribution is -2.07. The highest BCUT2D eigenvalue weighted by molar-refractivity contribution is 6.42. The van der Waals surface area contributed by atoms with Crippen molar-refractivity contribution in [3.8, 4) is 5.69 Å². The lowest BCUT2D eigenvalue weighted by Gasteiger charge is -2.06. The maximum absolute atomic E-state index is 11.9. The van der Waals surface area contributed by atoms with Crippen LogP contribution in [0.2, 0.25) is 10.0 Å². The Labute approximate surface area is 127 Å². The number of carbonyl (C=O) groups is 1. The molecule has 1 aromatic heterocycles. The van der Waals surface area contributed by atoms with Crippen molar-refractivity contribution < 1.29 is 9.53 Å². The molecule has 0 radical (unpaired) electrons.